The second kappa shape index (κ2) is 8.48. The third-order valence-corrected chi connectivity index (χ3v) is 3.89. The van der Waals surface area contributed by atoms with E-state index in [2.05, 4.69) is 24.1 Å². The first-order valence-electron chi connectivity index (χ1n) is 7.35. The van der Waals surface area contributed by atoms with Crippen LogP contribution in [-0.4, -0.2) is 47.7 Å². The predicted molar refractivity (Wildman–Crippen MR) is 73.4 cm³/mol. The van der Waals surface area contributed by atoms with Crippen LogP contribution < -0.4 is 5.32 Å². The fourth-order valence-corrected chi connectivity index (χ4v) is 2.37. The average molecular weight is 256 g/mol. The topological polar surface area (TPSA) is 52.6 Å². The molecule has 0 saturated heterocycles. The number of hydrogen-bond acceptors (Lipinski definition) is 3. The molecule has 1 saturated carbocycles. The standard InChI is InChI=1S/C14H28N2O2/c1-3-12(4-2)15-14(18)11-16(9-6-10-17)13-7-5-8-13/h12-13,17H,3-11H2,1-2H3,(H,15,18). The van der Waals surface area contributed by atoms with E-state index in [4.69, 9.17) is 5.11 Å². The molecule has 0 unspecified atom stereocenters. The zero-order valence-corrected chi connectivity index (χ0v) is 11.8. The van der Waals surface area contributed by atoms with Crippen molar-refractivity contribution in [1.82, 2.24) is 10.2 Å². The molecule has 4 nitrogen and oxygen atoms in total. The fraction of sp³-hybridized carbons (Fsp3) is 0.929. The molecular weight excluding hydrogens is 228 g/mol. The van der Waals surface area contributed by atoms with Gasteiger partial charge in [0.2, 0.25) is 5.91 Å². The highest BCUT2D eigenvalue weighted by Gasteiger charge is 2.26. The van der Waals surface area contributed by atoms with Gasteiger partial charge in [0.25, 0.3) is 0 Å². The second-order valence-corrected chi connectivity index (χ2v) is 5.21. The highest BCUT2D eigenvalue weighted by Crippen LogP contribution is 2.24. The van der Waals surface area contributed by atoms with Crippen molar-refractivity contribution >= 4 is 5.91 Å². The lowest BCUT2D eigenvalue weighted by molar-refractivity contribution is -0.124. The maximum absolute atomic E-state index is 12.0. The molecule has 0 aromatic carbocycles. The summed E-state index contributed by atoms with van der Waals surface area (Å²) in [5.74, 6) is 0.133. The Kier molecular flexibility index (Phi) is 7.28. The van der Waals surface area contributed by atoms with Crippen molar-refractivity contribution < 1.29 is 9.90 Å². The van der Waals surface area contributed by atoms with Crippen LogP contribution in [0, 0.1) is 0 Å². The van der Waals surface area contributed by atoms with Crippen molar-refractivity contribution in [3.8, 4) is 0 Å². The molecule has 0 aliphatic heterocycles. The van der Waals surface area contributed by atoms with Crippen molar-refractivity contribution in [2.45, 2.75) is 64.5 Å². The quantitative estimate of drug-likeness (QED) is 0.658. The number of aliphatic hydroxyl groups excluding tert-OH is 1. The van der Waals surface area contributed by atoms with E-state index in [9.17, 15) is 4.79 Å². The van der Waals surface area contributed by atoms with Crippen LogP contribution in [-0.2, 0) is 4.79 Å². The van der Waals surface area contributed by atoms with Gasteiger partial charge in [0.1, 0.15) is 0 Å². The lowest BCUT2D eigenvalue weighted by atomic mass is 9.91. The number of carbonyl (C=O) groups is 1. The maximum atomic E-state index is 12.0. The van der Waals surface area contributed by atoms with E-state index >= 15 is 0 Å². The molecule has 0 bridgehead atoms. The van der Waals surface area contributed by atoms with Crippen molar-refractivity contribution in [3.05, 3.63) is 0 Å². The van der Waals surface area contributed by atoms with E-state index < -0.39 is 0 Å². The highest BCUT2D eigenvalue weighted by atomic mass is 16.3. The zero-order chi connectivity index (χ0) is 13.4. The minimum Gasteiger partial charge on any atom is -0.396 e. The third kappa shape index (κ3) is 4.94. The molecule has 0 heterocycles. The van der Waals surface area contributed by atoms with Crippen molar-refractivity contribution in [1.29, 1.82) is 0 Å². The first-order chi connectivity index (χ1) is 8.71. The molecule has 1 aliphatic rings. The molecular formula is C14H28N2O2. The van der Waals surface area contributed by atoms with E-state index in [0.29, 0.717) is 18.6 Å². The summed E-state index contributed by atoms with van der Waals surface area (Å²) in [6.45, 7) is 5.73. The summed E-state index contributed by atoms with van der Waals surface area (Å²) in [6.07, 6.45) is 6.40. The molecule has 0 radical (unpaired) electrons. The van der Waals surface area contributed by atoms with Gasteiger partial charge in [-0.3, -0.25) is 9.69 Å². The van der Waals surface area contributed by atoms with E-state index in [1.165, 1.54) is 19.3 Å². The molecule has 1 fully saturated rings. The van der Waals surface area contributed by atoms with E-state index in [1.54, 1.807) is 0 Å². The number of nitrogens with zero attached hydrogens (tertiary/aromatic N) is 1. The fourth-order valence-electron chi connectivity index (χ4n) is 2.37. The van der Waals surface area contributed by atoms with Crippen molar-refractivity contribution in [3.63, 3.8) is 0 Å². The SMILES string of the molecule is CCC(CC)NC(=O)CN(CCCO)C1CCC1. The van der Waals surface area contributed by atoms with Gasteiger partial charge in [-0.15, -0.1) is 0 Å². The Bertz CT molecular complexity index is 238. The van der Waals surface area contributed by atoms with Crippen LogP contribution >= 0.6 is 0 Å². The number of aliphatic hydroxyl groups is 1. The van der Waals surface area contributed by atoms with Gasteiger partial charge in [0, 0.05) is 25.2 Å². The summed E-state index contributed by atoms with van der Waals surface area (Å²) in [6, 6.07) is 0.864. The highest BCUT2D eigenvalue weighted by molar-refractivity contribution is 5.78. The normalized spacial score (nSPS) is 16.1. The molecule has 106 valence electrons. The van der Waals surface area contributed by atoms with Gasteiger partial charge in [0.05, 0.1) is 6.54 Å². The number of rotatable bonds is 9. The molecule has 0 aromatic heterocycles. The van der Waals surface area contributed by atoms with Gasteiger partial charge in [-0.2, -0.15) is 0 Å². The Hall–Kier alpha value is -0.610. The smallest absolute Gasteiger partial charge is 0.234 e. The number of amides is 1. The number of carbonyl (C=O) groups excluding carboxylic acids is 1. The minimum atomic E-state index is 0.133. The average Bonchev–Trinajstić information content (AvgIpc) is 2.30. The summed E-state index contributed by atoms with van der Waals surface area (Å²) < 4.78 is 0. The summed E-state index contributed by atoms with van der Waals surface area (Å²) in [4.78, 5) is 14.2. The maximum Gasteiger partial charge on any atom is 0.234 e. The predicted octanol–water partition coefficient (Wildman–Crippen LogP) is 1.53. The molecule has 18 heavy (non-hydrogen) atoms. The van der Waals surface area contributed by atoms with Crippen LogP contribution in [0.15, 0.2) is 0 Å². The van der Waals surface area contributed by atoms with Gasteiger partial charge in [-0.25, -0.2) is 0 Å². The molecule has 1 rings (SSSR count). The molecule has 0 aromatic rings. The van der Waals surface area contributed by atoms with E-state index in [0.717, 1.165) is 25.8 Å². The van der Waals surface area contributed by atoms with Crippen LogP contribution in [0.2, 0.25) is 0 Å². The van der Waals surface area contributed by atoms with Gasteiger partial charge in [-0.05, 0) is 32.1 Å². The molecule has 2 N–H and O–H groups in total. The minimum absolute atomic E-state index is 0.133. The van der Waals surface area contributed by atoms with Crippen LogP contribution in [0.5, 0.6) is 0 Å². The largest absolute Gasteiger partial charge is 0.396 e. The van der Waals surface area contributed by atoms with E-state index in [1.807, 2.05) is 0 Å². The number of nitrogens with one attached hydrogen (secondary N) is 1. The monoisotopic (exact) mass is 256 g/mol. The second-order valence-electron chi connectivity index (χ2n) is 5.21. The van der Waals surface area contributed by atoms with Gasteiger partial charge < -0.3 is 10.4 Å². The van der Waals surface area contributed by atoms with Crippen LogP contribution in [0.1, 0.15) is 52.4 Å². The Morgan fingerprint density at radius 1 is 1.39 bits per heavy atom. The Labute approximate surface area is 111 Å². The Morgan fingerprint density at radius 3 is 2.50 bits per heavy atom. The summed E-state index contributed by atoms with van der Waals surface area (Å²) in [5, 5.41) is 12.0. The van der Waals surface area contributed by atoms with Crippen molar-refractivity contribution in [2.75, 3.05) is 19.7 Å². The molecule has 0 spiro atoms. The first kappa shape index (κ1) is 15.4. The van der Waals surface area contributed by atoms with Crippen molar-refractivity contribution in [2.24, 2.45) is 0 Å². The zero-order valence-electron chi connectivity index (χ0n) is 11.8. The third-order valence-electron chi connectivity index (χ3n) is 3.89. The Balaban J connectivity index is 2.36. The van der Waals surface area contributed by atoms with Gasteiger partial charge in [0.15, 0.2) is 0 Å². The summed E-state index contributed by atoms with van der Waals surface area (Å²) in [5.41, 5.74) is 0. The Morgan fingerprint density at radius 2 is 2.06 bits per heavy atom. The lowest BCUT2D eigenvalue weighted by Crippen LogP contribution is -2.48. The lowest BCUT2D eigenvalue weighted by Gasteiger charge is -2.37. The van der Waals surface area contributed by atoms with Crippen LogP contribution in [0.3, 0.4) is 0 Å². The number of hydrogen-bond donors (Lipinski definition) is 2. The summed E-state index contributed by atoms with van der Waals surface area (Å²) in [7, 11) is 0. The van der Waals surface area contributed by atoms with E-state index in [-0.39, 0.29) is 12.5 Å². The van der Waals surface area contributed by atoms with Crippen LogP contribution in [0.25, 0.3) is 0 Å². The molecule has 1 amide bonds. The van der Waals surface area contributed by atoms with Gasteiger partial charge >= 0.3 is 0 Å². The molecule has 0 atom stereocenters. The first-order valence-corrected chi connectivity index (χ1v) is 7.35. The van der Waals surface area contributed by atoms with Crippen LogP contribution in [0.4, 0.5) is 0 Å². The van der Waals surface area contributed by atoms with Gasteiger partial charge in [-0.1, -0.05) is 20.3 Å². The molecule has 4 heteroatoms. The molecule has 1 aliphatic carbocycles. The summed E-state index contributed by atoms with van der Waals surface area (Å²) >= 11 is 0.